The van der Waals surface area contributed by atoms with Gasteiger partial charge in [0.15, 0.2) is 0 Å². The fraction of sp³-hybridized carbons (Fsp3) is 0.514. The number of urea groups is 1. The van der Waals surface area contributed by atoms with Gasteiger partial charge in [0.05, 0.1) is 23.1 Å². The molecule has 2 heterocycles. The molecular weight excluding hydrogens is 560 g/mol. The first kappa shape index (κ1) is 31.1. The van der Waals surface area contributed by atoms with E-state index >= 15 is 0 Å². The van der Waals surface area contributed by atoms with Crippen molar-refractivity contribution in [3.63, 3.8) is 0 Å². The number of nitrogens with one attached hydrogen (secondary N) is 2. The SMILES string of the molecule is Cc1ccc2c(c1)N(c1ccc(NC(=O)CCc3ncc[nH]3)cc1)C(=O)N(C1CC(C)(C)CC(C)(C)C1)N=C2C1CCCCC1. The van der Waals surface area contributed by atoms with E-state index in [-0.39, 0.29) is 28.8 Å². The Bertz CT molecular complexity index is 1530. The molecule has 1 aromatic heterocycles. The van der Waals surface area contributed by atoms with Crippen molar-refractivity contribution in [2.24, 2.45) is 21.8 Å². The zero-order valence-corrected chi connectivity index (χ0v) is 27.5. The summed E-state index contributed by atoms with van der Waals surface area (Å²) in [5.41, 5.74) is 5.76. The highest BCUT2D eigenvalue weighted by molar-refractivity contribution is 6.14. The van der Waals surface area contributed by atoms with Crippen LogP contribution in [-0.2, 0) is 11.2 Å². The summed E-state index contributed by atoms with van der Waals surface area (Å²) in [7, 11) is 0. The van der Waals surface area contributed by atoms with Gasteiger partial charge < -0.3 is 10.3 Å². The van der Waals surface area contributed by atoms with E-state index in [0.717, 1.165) is 66.1 Å². The van der Waals surface area contributed by atoms with Crippen LogP contribution in [0.15, 0.2) is 60.0 Å². The Balaban J connectivity index is 1.36. The molecule has 0 saturated heterocycles. The number of benzene rings is 2. The van der Waals surface area contributed by atoms with E-state index in [0.29, 0.717) is 24.4 Å². The van der Waals surface area contributed by atoms with Gasteiger partial charge >= 0.3 is 6.03 Å². The second-order valence-corrected chi connectivity index (χ2v) is 15.0. The van der Waals surface area contributed by atoms with Crippen LogP contribution >= 0.6 is 0 Å². The first-order chi connectivity index (χ1) is 21.5. The molecule has 238 valence electrons. The molecule has 3 amide bonds. The minimum atomic E-state index is -0.110. The molecule has 3 aliphatic rings. The number of carbonyl (C=O) groups excluding carboxylic acids is 2. The summed E-state index contributed by atoms with van der Waals surface area (Å²) in [5.74, 6) is 1.04. The molecule has 8 nitrogen and oxygen atoms in total. The Morgan fingerprint density at radius 2 is 1.71 bits per heavy atom. The maximum atomic E-state index is 14.9. The smallest absolute Gasteiger partial charge is 0.349 e. The molecule has 0 spiro atoms. The standard InChI is InChI=1S/C37H48N6O2/c1-25-11-16-30-31(21-25)42(28-14-12-27(13-15-28)40-33(44)18-17-32-38-19-20-39-32)35(45)43(41-34(30)26-9-7-6-8-10-26)29-22-36(2,3)24-37(4,5)23-29/h11-16,19-21,26,29H,6-10,17-18,22-24H2,1-5H3,(H,38,39)(H,40,44). The van der Waals surface area contributed by atoms with Gasteiger partial charge in [-0.05, 0) is 85.8 Å². The first-order valence-electron chi connectivity index (χ1n) is 16.7. The van der Waals surface area contributed by atoms with Crippen molar-refractivity contribution in [1.82, 2.24) is 15.0 Å². The fourth-order valence-electron chi connectivity index (χ4n) is 8.17. The summed E-state index contributed by atoms with van der Waals surface area (Å²) in [4.78, 5) is 36.7. The molecule has 0 unspecified atom stereocenters. The van der Waals surface area contributed by atoms with E-state index in [4.69, 9.17) is 5.10 Å². The lowest BCUT2D eigenvalue weighted by Crippen LogP contribution is -2.49. The predicted molar refractivity (Wildman–Crippen MR) is 181 cm³/mol. The Labute approximate surface area is 267 Å². The molecule has 6 rings (SSSR count). The molecule has 2 aromatic carbocycles. The van der Waals surface area contributed by atoms with Crippen molar-refractivity contribution in [2.45, 2.75) is 105 Å². The Morgan fingerprint density at radius 1 is 1.00 bits per heavy atom. The zero-order chi connectivity index (χ0) is 31.8. The van der Waals surface area contributed by atoms with Crippen LogP contribution in [0.3, 0.4) is 0 Å². The number of anilines is 3. The largest absolute Gasteiger partial charge is 0.349 e. The van der Waals surface area contributed by atoms with Crippen LogP contribution < -0.4 is 10.2 Å². The Hall–Kier alpha value is -3.94. The monoisotopic (exact) mass is 608 g/mol. The van der Waals surface area contributed by atoms with Crippen molar-refractivity contribution in [3.05, 3.63) is 71.8 Å². The van der Waals surface area contributed by atoms with E-state index in [1.807, 2.05) is 34.2 Å². The maximum Gasteiger partial charge on any atom is 0.349 e. The zero-order valence-electron chi connectivity index (χ0n) is 27.5. The quantitative estimate of drug-likeness (QED) is 0.281. The van der Waals surface area contributed by atoms with Crippen LogP contribution in [-0.4, -0.2) is 38.7 Å². The third kappa shape index (κ3) is 7.00. The minimum absolute atomic E-state index is 0.000438. The number of hydrazone groups is 1. The number of aromatic nitrogens is 2. The molecule has 0 bridgehead atoms. The molecule has 2 N–H and O–H groups in total. The molecule has 45 heavy (non-hydrogen) atoms. The fourth-order valence-corrected chi connectivity index (χ4v) is 8.17. The number of aryl methyl sites for hydroxylation is 2. The van der Waals surface area contributed by atoms with Crippen LogP contribution in [0.2, 0.25) is 0 Å². The minimum Gasteiger partial charge on any atom is -0.349 e. The highest BCUT2D eigenvalue weighted by Gasteiger charge is 2.45. The van der Waals surface area contributed by atoms with Gasteiger partial charge in [0.2, 0.25) is 5.91 Å². The lowest BCUT2D eigenvalue weighted by molar-refractivity contribution is -0.116. The van der Waals surface area contributed by atoms with Gasteiger partial charge in [-0.15, -0.1) is 0 Å². The van der Waals surface area contributed by atoms with E-state index in [1.165, 1.54) is 19.3 Å². The number of hydrogen-bond acceptors (Lipinski definition) is 4. The van der Waals surface area contributed by atoms with Gasteiger partial charge in [0.1, 0.15) is 5.82 Å². The van der Waals surface area contributed by atoms with E-state index in [9.17, 15) is 9.59 Å². The molecule has 2 aliphatic carbocycles. The lowest BCUT2D eigenvalue weighted by Gasteiger charge is -2.47. The topological polar surface area (TPSA) is 93.7 Å². The number of H-pyrrole nitrogens is 1. The Morgan fingerprint density at radius 3 is 2.38 bits per heavy atom. The molecule has 3 aromatic rings. The summed E-state index contributed by atoms with van der Waals surface area (Å²) in [5, 5.41) is 10.2. The van der Waals surface area contributed by atoms with Crippen molar-refractivity contribution in [2.75, 3.05) is 10.2 Å². The molecule has 0 radical (unpaired) electrons. The van der Waals surface area contributed by atoms with Gasteiger partial charge in [0.25, 0.3) is 0 Å². The lowest BCUT2D eigenvalue weighted by atomic mass is 9.63. The summed E-state index contributed by atoms with van der Waals surface area (Å²) in [6.07, 6.45) is 13.1. The van der Waals surface area contributed by atoms with Crippen LogP contribution in [0.1, 0.15) is 102 Å². The highest BCUT2D eigenvalue weighted by atomic mass is 16.2. The molecule has 0 atom stereocenters. The van der Waals surface area contributed by atoms with Crippen molar-refractivity contribution >= 4 is 34.7 Å². The first-order valence-corrected chi connectivity index (χ1v) is 16.7. The number of rotatable bonds is 7. The number of carbonyl (C=O) groups is 2. The van der Waals surface area contributed by atoms with Gasteiger partial charge in [0, 0.05) is 42.4 Å². The van der Waals surface area contributed by atoms with Crippen LogP contribution in [0.25, 0.3) is 0 Å². The molecular formula is C37H48N6O2. The summed E-state index contributed by atoms with van der Waals surface area (Å²) in [6, 6.07) is 14.0. The Kier molecular flexibility index (Phi) is 8.59. The summed E-state index contributed by atoms with van der Waals surface area (Å²) < 4.78 is 0. The van der Waals surface area contributed by atoms with E-state index in [2.05, 4.69) is 68.1 Å². The van der Waals surface area contributed by atoms with E-state index < -0.39 is 0 Å². The van der Waals surface area contributed by atoms with Crippen LogP contribution in [0.5, 0.6) is 0 Å². The molecule has 1 aliphatic heterocycles. The summed E-state index contributed by atoms with van der Waals surface area (Å²) >= 11 is 0. The average molecular weight is 609 g/mol. The van der Waals surface area contributed by atoms with Gasteiger partial charge in [-0.1, -0.05) is 59.1 Å². The predicted octanol–water partition coefficient (Wildman–Crippen LogP) is 8.75. The van der Waals surface area contributed by atoms with Crippen LogP contribution in [0.4, 0.5) is 21.9 Å². The van der Waals surface area contributed by atoms with Crippen molar-refractivity contribution in [1.29, 1.82) is 0 Å². The molecule has 2 saturated carbocycles. The molecule has 2 fully saturated rings. The molecule has 8 heteroatoms. The second-order valence-electron chi connectivity index (χ2n) is 15.0. The second kappa shape index (κ2) is 12.5. The number of nitrogens with zero attached hydrogens (tertiary/aromatic N) is 4. The number of hydrogen-bond donors (Lipinski definition) is 2. The van der Waals surface area contributed by atoms with E-state index in [1.54, 1.807) is 12.4 Å². The number of fused-ring (bicyclic) bond motifs is 1. The van der Waals surface area contributed by atoms with Gasteiger partial charge in [-0.3, -0.25) is 9.69 Å². The van der Waals surface area contributed by atoms with Crippen LogP contribution in [0, 0.1) is 23.7 Å². The third-order valence-corrected chi connectivity index (χ3v) is 9.70. The van der Waals surface area contributed by atoms with Gasteiger partial charge in [-0.25, -0.2) is 14.8 Å². The highest BCUT2D eigenvalue weighted by Crippen LogP contribution is 2.48. The number of amides is 3. The normalized spacial score (nSPS) is 20.4. The third-order valence-electron chi connectivity index (χ3n) is 9.70. The number of imidazole rings is 1. The summed E-state index contributed by atoms with van der Waals surface area (Å²) in [6.45, 7) is 11.4. The maximum absolute atomic E-state index is 14.9. The van der Waals surface area contributed by atoms with Crippen molar-refractivity contribution < 1.29 is 9.59 Å². The van der Waals surface area contributed by atoms with Gasteiger partial charge in [-0.2, -0.15) is 5.10 Å². The van der Waals surface area contributed by atoms with Crippen molar-refractivity contribution in [3.8, 4) is 0 Å². The number of aromatic amines is 1. The average Bonchev–Trinajstić information content (AvgIpc) is 3.47.